The molecule has 0 saturated carbocycles. The van der Waals surface area contributed by atoms with Crippen LogP contribution in [0.4, 0.5) is 11.8 Å². The van der Waals surface area contributed by atoms with Crippen molar-refractivity contribution < 1.29 is 0 Å². The Balaban J connectivity index is 1.35. The first-order valence-corrected chi connectivity index (χ1v) is 10.6. The van der Waals surface area contributed by atoms with E-state index in [4.69, 9.17) is 4.99 Å². The van der Waals surface area contributed by atoms with Crippen LogP contribution < -0.4 is 15.1 Å². The lowest BCUT2D eigenvalue weighted by Crippen LogP contribution is -2.52. The molecule has 2 aromatic rings. The highest BCUT2D eigenvalue weighted by Gasteiger charge is 2.21. The maximum Gasteiger partial charge on any atom is 0.225 e. The quantitative estimate of drug-likeness (QED) is 0.612. The molecule has 2 aromatic heterocycles. The second-order valence-corrected chi connectivity index (χ2v) is 7.41. The van der Waals surface area contributed by atoms with Crippen LogP contribution in [0.25, 0.3) is 0 Å². The molecule has 0 radical (unpaired) electrons. The van der Waals surface area contributed by atoms with Crippen LogP contribution in [0.1, 0.15) is 25.3 Å². The molecule has 0 aromatic carbocycles. The molecule has 2 aliphatic heterocycles. The highest BCUT2D eigenvalue weighted by molar-refractivity contribution is 5.80. The standard InChI is InChI=1S/C21H30N8/c1-2-22-20(28-12-14-29(15-13-28)21-23-8-5-9-24-21)26-17-18-6-7-19(25-16-18)27-10-3-4-11-27/h5-9,16H,2-4,10-15,17H2,1H3,(H,22,26). The van der Waals surface area contributed by atoms with Gasteiger partial charge in [-0.1, -0.05) is 6.07 Å². The minimum absolute atomic E-state index is 0.637. The fraction of sp³-hybridized carbons (Fsp3) is 0.524. The average molecular weight is 395 g/mol. The molecule has 0 aliphatic carbocycles. The Hall–Kier alpha value is -2.90. The topological polar surface area (TPSA) is 72.8 Å². The summed E-state index contributed by atoms with van der Waals surface area (Å²) < 4.78 is 0. The number of nitrogens with one attached hydrogen (secondary N) is 1. The van der Waals surface area contributed by atoms with Gasteiger partial charge in [-0.05, 0) is 37.5 Å². The largest absolute Gasteiger partial charge is 0.357 e. The first kappa shape index (κ1) is 19.4. The third-order valence-electron chi connectivity index (χ3n) is 5.40. The Kier molecular flexibility index (Phi) is 6.38. The summed E-state index contributed by atoms with van der Waals surface area (Å²) in [6, 6.07) is 6.13. The molecule has 4 heterocycles. The molecule has 4 rings (SSSR count). The van der Waals surface area contributed by atoms with E-state index in [0.717, 1.165) is 69.1 Å². The van der Waals surface area contributed by atoms with E-state index in [9.17, 15) is 0 Å². The fourth-order valence-corrected chi connectivity index (χ4v) is 3.81. The molecule has 0 unspecified atom stereocenters. The predicted octanol–water partition coefficient (Wildman–Crippen LogP) is 1.76. The molecule has 1 N–H and O–H groups in total. The van der Waals surface area contributed by atoms with Crippen molar-refractivity contribution in [1.29, 1.82) is 0 Å². The second kappa shape index (κ2) is 9.54. The van der Waals surface area contributed by atoms with E-state index in [0.29, 0.717) is 6.54 Å². The van der Waals surface area contributed by atoms with E-state index in [1.165, 1.54) is 12.8 Å². The normalized spacial score (nSPS) is 17.7. The SMILES string of the molecule is CCNC(=NCc1ccc(N2CCCC2)nc1)N1CCN(c2ncccn2)CC1. The zero-order valence-electron chi connectivity index (χ0n) is 17.2. The van der Waals surface area contributed by atoms with E-state index in [2.05, 4.69) is 54.0 Å². The number of rotatable bonds is 5. The molecule has 0 bridgehead atoms. The fourth-order valence-electron chi connectivity index (χ4n) is 3.81. The number of aliphatic imine (C=N–C) groups is 1. The zero-order valence-corrected chi connectivity index (χ0v) is 17.2. The van der Waals surface area contributed by atoms with E-state index in [1.54, 1.807) is 12.4 Å². The minimum Gasteiger partial charge on any atom is -0.357 e. The van der Waals surface area contributed by atoms with Crippen molar-refractivity contribution >= 4 is 17.7 Å². The summed E-state index contributed by atoms with van der Waals surface area (Å²) in [5.41, 5.74) is 1.14. The first-order valence-electron chi connectivity index (χ1n) is 10.6. The molecular weight excluding hydrogens is 364 g/mol. The maximum absolute atomic E-state index is 4.86. The minimum atomic E-state index is 0.637. The number of anilines is 2. The van der Waals surface area contributed by atoms with Crippen LogP contribution in [0.2, 0.25) is 0 Å². The number of hydrogen-bond donors (Lipinski definition) is 1. The predicted molar refractivity (Wildman–Crippen MR) is 116 cm³/mol. The van der Waals surface area contributed by atoms with Crippen LogP contribution in [0.3, 0.4) is 0 Å². The van der Waals surface area contributed by atoms with E-state index >= 15 is 0 Å². The van der Waals surface area contributed by atoms with Crippen molar-refractivity contribution in [3.05, 3.63) is 42.4 Å². The van der Waals surface area contributed by atoms with Gasteiger partial charge in [0, 0.05) is 64.4 Å². The molecule has 0 amide bonds. The van der Waals surface area contributed by atoms with Gasteiger partial charge in [-0.25, -0.2) is 19.9 Å². The summed E-state index contributed by atoms with van der Waals surface area (Å²) in [4.78, 5) is 25.1. The average Bonchev–Trinajstić information content (AvgIpc) is 3.33. The molecular formula is C21H30N8. The Bertz CT molecular complexity index is 778. The second-order valence-electron chi connectivity index (χ2n) is 7.41. The van der Waals surface area contributed by atoms with Gasteiger partial charge in [0.25, 0.3) is 0 Å². The van der Waals surface area contributed by atoms with Crippen molar-refractivity contribution in [3.63, 3.8) is 0 Å². The molecule has 154 valence electrons. The molecule has 2 aliphatic rings. The summed E-state index contributed by atoms with van der Waals surface area (Å²) in [5.74, 6) is 2.85. The highest BCUT2D eigenvalue weighted by atomic mass is 15.4. The van der Waals surface area contributed by atoms with Crippen molar-refractivity contribution in [2.24, 2.45) is 4.99 Å². The highest BCUT2D eigenvalue weighted by Crippen LogP contribution is 2.18. The molecule has 0 atom stereocenters. The summed E-state index contributed by atoms with van der Waals surface area (Å²) in [7, 11) is 0. The smallest absolute Gasteiger partial charge is 0.225 e. The van der Waals surface area contributed by atoms with E-state index in [-0.39, 0.29) is 0 Å². The summed E-state index contributed by atoms with van der Waals surface area (Å²) >= 11 is 0. The van der Waals surface area contributed by atoms with Crippen molar-refractivity contribution in [2.75, 3.05) is 55.6 Å². The molecule has 2 fully saturated rings. The van der Waals surface area contributed by atoms with Crippen molar-refractivity contribution in [1.82, 2.24) is 25.2 Å². The molecule has 8 nitrogen and oxygen atoms in total. The van der Waals surface area contributed by atoms with Crippen molar-refractivity contribution in [2.45, 2.75) is 26.3 Å². The Morgan fingerprint density at radius 2 is 1.72 bits per heavy atom. The number of pyridine rings is 1. The van der Waals surface area contributed by atoms with Crippen LogP contribution in [0, 0.1) is 0 Å². The van der Waals surface area contributed by atoms with Gasteiger partial charge < -0.3 is 20.0 Å². The molecule has 8 heteroatoms. The van der Waals surface area contributed by atoms with E-state index in [1.807, 2.05) is 12.3 Å². The summed E-state index contributed by atoms with van der Waals surface area (Å²) in [5, 5.41) is 3.43. The molecule has 29 heavy (non-hydrogen) atoms. The van der Waals surface area contributed by atoms with Crippen LogP contribution >= 0.6 is 0 Å². The number of nitrogens with zero attached hydrogens (tertiary/aromatic N) is 7. The van der Waals surface area contributed by atoms with Gasteiger partial charge in [0.2, 0.25) is 5.95 Å². The number of guanidine groups is 1. The molecule has 2 saturated heterocycles. The van der Waals surface area contributed by atoms with Gasteiger partial charge >= 0.3 is 0 Å². The Morgan fingerprint density at radius 1 is 0.966 bits per heavy atom. The monoisotopic (exact) mass is 394 g/mol. The van der Waals surface area contributed by atoms with Gasteiger partial charge in [0.05, 0.1) is 6.54 Å². The lowest BCUT2D eigenvalue weighted by molar-refractivity contribution is 0.370. The summed E-state index contributed by atoms with van der Waals surface area (Å²) in [6.07, 6.45) is 8.09. The Labute approximate surface area is 172 Å². The van der Waals surface area contributed by atoms with Gasteiger partial charge in [-0.2, -0.15) is 0 Å². The Morgan fingerprint density at radius 3 is 2.38 bits per heavy atom. The van der Waals surface area contributed by atoms with Crippen LogP contribution in [0.15, 0.2) is 41.8 Å². The number of piperazine rings is 1. The lowest BCUT2D eigenvalue weighted by Gasteiger charge is -2.36. The molecule has 0 spiro atoms. The van der Waals surface area contributed by atoms with Gasteiger partial charge in [0.15, 0.2) is 5.96 Å². The van der Waals surface area contributed by atoms with Gasteiger partial charge in [0.1, 0.15) is 5.82 Å². The van der Waals surface area contributed by atoms with E-state index < -0.39 is 0 Å². The van der Waals surface area contributed by atoms with Crippen LogP contribution in [0.5, 0.6) is 0 Å². The third-order valence-corrected chi connectivity index (χ3v) is 5.40. The van der Waals surface area contributed by atoms with Crippen molar-refractivity contribution in [3.8, 4) is 0 Å². The van der Waals surface area contributed by atoms with Gasteiger partial charge in [-0.15, -0.1) is 0 Å². The zero-order chi connectivity index (χ0) is 19.9. The van der Waals surface area contributed by atoms with Crippen LogP contribution in [-0.2, 0) is 6.54 Å². The lowest BCUT2D eigenvalue weighted by atomic mass is 10.3. The van der Waals surface area contributed by atoms with Crippen LogP contribution in [-0.4, -0.2) is 71.6 Å². The third kappa shape index (κ3) is 4.93. The summed E-state index contributed by atoms with van der Waals surface area (Å²) in [6.45, 7) is 9.41. The number of aromatic nitrogens is 3. The first-order chi connectivity index (χ1) is 14.3. The maximum atomic E-state index is 4.86. The number of hydrogen-bond acceptors (Lipinski definition) is 6. The van der Waals surface area contributed by atoms with Gasteiger partial charge in [-0.3, -0.25) is 0 Å².